The maximum atomic E-state index is 6.00. The van der Waals surface area contributed by atoms with E-state index in [1.807, 2.05) is 25.2 Å². The maximum absolute atomic E-state index is 6.00. The van der Waals surface area contributed by atoms with Gasteiger partial charge in [-0.05, 0) is 24.7 Å². The van der Waals surface area contributed by atoms with Crippen molar-refractivity contribution in [3.8, 4) is 5.75 Å². The van der Waals surface area contributed by atoms with Gasteiger partial charge in [-0.2, -0.15) is 8.75 Å². The van der Waals surface area contributed by atoms with Crippen LogP contribution in [0.4, 0.5) is 0 Å². The van der Waals surface area contributed by atoms with Gasteiger partial charge in [0, 0.05) is 0 Å². The Morgan fingerprint density at radius 1 is 1.47 bits per heavy atom. The molecule has 0 bridgehead atoms. The van der Waals surface area contributed by atoms with Gasteiger partial charge >= 0.3 is 0 Å². The highest BCUT2D eigenvalue weighted by molar-refractivity contribution is 6.99. The van der Waals surface area contributed by atoms with Crippen molar-refractivity contribution in [3.63, 3.8) is 0 Å². The highest BCUT2D eigenvalue weighted by Gasteiger charge is 2.16. The zero-order valence-electron chi connectivity index (χ0n) is 9.48. The molecule has 17 heavy (non-hydrogen) atoms. The van der Waals surface area contributed by atoms with Gasteiger partial charge < -0.3 is 10.1 Å². The number of ether oxygens (including phenoxy) is 1. The fourth-order valence-corrected chi connectivity index (χ4v) is 2.28. The first-order chi connectivity index (χ1) is 8.26. The molecule has 1 heterocycles. The molecule has 0 aliphatic heterocycles. The summed E-state index contributed by atoms with van der Waals surface area (Å²) in [5.41, 5.74) is 1.93. The fourth-order valence-electron chi connectivity index (χ4n) is 1.64. The number of hydrogen-bond donors (Lipinski definition) is 1. The predicted molar refractivity (Wildman–Crippen MR) is 68.8 cm³/mol. The average molecular weight is 270 g/mol. The van der Waals surface area contributed by atoms with Crippen molar-refractivity contribution in [2.24, 2.45) is 0 Å². The summed E-state index contributed by atoms with van der Waals surface area (Å²) in [6.45, 7) is 0. The van der Waals surface area contributed by atoms with Gasteiger partial charge in [0.1, 0.15) is 5.75 Å². The van der Waals surface area contributed by atoms with Crippen LogP contribution in [0.3, 0.4) is 0 Å². The molecule has 1 N–H and O–H groups in total. The Kier molecular flexibility index (Phi) is 3.93. The molecule has 0 radical (unpaired) electrons. The van der Waals surface area contributed by atoms with E-state index in [2.05, 4.69) is 14.1 Å². The number of methoxy groups -OCH3 is 1. The Morgan fingerprint density at radius 3 is 2.88 bits per heavy atom. The number of rotatable bonds is 4. The van der Waals surface area contributed by atoms with E-state index in [1.165, 1.54) is 11.7 Å². The summed E-state index contributed by atoms with van der Waals surface area (Å²) in [5, 5.41) is 3.80. The highest BCUT2D eigenvalue weighted by Crippen LogP contribution is 2.29. The first kappa shape index (κ1) is 12.3. The van der Waals surface area contributed by atoms with Crippen molar-refractivity contribution in [2.75, 3.05) is 14.2 Å². The molecular formula is C11H12ClN3OS. The molecule has 0 aliphatic carbocycles. The van der Waals surface area contributed by atoms with Crippen molar-refractivity contribution in [1.82, 2.24) is 14.1 Å². The molecule has 1 aromatic carbocycles. The van der Waals surface area contributed by atoms with Crippen LogP contribution in [0.15, 0.2) is 24.4 Å². The van der Waals surface area contributed by atoms with Gasteiger partial charge in [0.2, 0.25) is 0 Å². The Hall–Kier alpha value is -1.17. The van der Waals surface area contributed by atoms with Crippen LogP contribution in [-0.2, 0) is 0 Å². The van der Waals surface area contributed by atoms with E-state index in [1.54, 1.807) is 13.3 Å². The molecule has 2 rings (SSSR count). The van der Waals surface area contributed by atoms with E-state index < -0.39 is 0 Å². The SMILES string of the molecule is CNC(c1ccc(Cl)c(OC)c1)c1cnsn1. The van der Waals surface area contributed by atoms with Gasteiger partial charge in [0.25, 0.3) is 0 Å². The third-order valence-electron chi connectivity index (χ3n) is 2.47. The summed E-state index contributed by atoms with van der Waals surface area (Å²) in [5.74, 6) is 0.660. The zero-order valence-corrected chi connectivity index (χ0v) is 11.0. The number of nitrogens with zero attached hydrogens (tertiary/aromatic N) is 2. The molecule has 0 amide bonds. The molecule has 2 aromatic rings. The Morgan fingerprint density at radius 2 is 2.29 bits per heavy atom. The van der Waals surface area contributed by atoms with Gasteiger partial charge in [0.15, 0.2) is 0 Å². The minimum absolute atomic E-state index is 0.0000772. The van der Waals surface area contributed by atoms with Crippen LogP contribution < -0.4 is 10.1 Å². The van der Waals surface area contributed by atoms with Crippen LogP contribution >= 0.6 is 23.3 Å². The van der Waals surface area contributed by atoms with Gasteiger partial charge in [-0.1, -0.05) is 17.7 Å². The molecule has 1 atom stereocenters. The molecule has 4 nitrogen and oxygen atoms in total. The van der Waals surface area contributed by atoms with E-state index in [0.717, 1.165) is 11.3 Å². The van der Waals surface area contributed by atoms with Crippen LogP contribution in [0.2, 0.25) is 5.02 Å². The standard InChI is InChI=1S/C11H12ClN3OS/c1-13-11(9-6-14-17-15-9)7-3-4-8(12)10(5-7)16-2/h3-6,11,13H,1-2H3. The maximum Gasteiger partial charge on any atom is 0.137 e. The Bertz CT molecular complexity index is 489. The Labute approximate surface area is 109 Å². The van der Waals surface area contributed by atoms with Gasteiger partial charge in [0.05, 0.1) is 41.8 Å². The van der Waals surface area contributed by atoms with Crippen molar-refractivity contribution >= 4 is 23.3 Å². The lowest BCUT2D eigenvalue weighted by molar-refractivity contribution is 0.414. The summed E-state index contributed by atoms with van der Waals surface area (Å²) in [4.78, 5) is 0. The zero-order chi connectivity index (χ0) is 12.3. The van der Waals surface area contributed by atoms with Crippen molar-refractivity contribution in [2.45, 2.75) is 6.04 Å². The topological polar surface area (TPSA) is 47.0 Å². The van der Waals surface area contributed by atoms with Crippen molar-refractivity contribution < 1.29 is 4.74 Å². The molecule has 0 fully saturated rings. The smallest absolute Gasteiger partial charge is 0.137 e. The van der Waals surface area contributed by atoms with E-state index in [0.29, 0.717) is 10.8 Å². The fraction of sp³-hybridized carbons (Fsp3) is 0.273. The third-order valence-corrected chi connectivity index (χ3v) is 3.28. The van der Waals surface area contributed by atoms with Gasteiger partial charge in [-0.25, -0.2) is 0 Å². The first-order valence-electron chi connectivity index (χ1n) is 5.04. The molecular weight excluding hydrogens is 258 g/mol. The van der Waals surface area contributed by atoms with Gasteiger partial charge in [-0.15, -0.1) is 0 Å². The van der Waals surface area contributed by atoms with Crippen molar-refractivity contribution in [1.29, 1.82) is 0 Å². The van der Waals surface area contributed by atoms with Crippen LogP contribution in [0.5, 0.6) is 5.75 Å². The van der Waals surface area contributed by atoms with Crippen molar-refractivity contribution in [3.05, 3.63) is 40.7 Å². The minimum atomic E-state index is -0.0000772. The molecule has 6 heteroatoms. The molecule has 1 aromatic heterocycles. The largest absolute Gasteiger partial charge is 0.495 e. The molecule has 1 unspecified atom stereocenters. The molecule has 0 saturated heterocycles. The summed E-state index contributed by atoms with van der Waals surface area (Å²) in [7, 11) is 3.48. The lowest BCUT2D eigenvalue weighted by atomic mass is 10.0. The number of aromatic nitrogens is 2. The quantitative estimate of drug-likeness (QED) is 0.927. The number of halogens is 1. The van der Waals surface area contributed by atoms with E-state index in [-0.39, 0.29) is 6.04 Å². The van der Waals surface area contributed by atoms with E-state index in [4.69, 9.17) is 16.3 Å². The molecule has 90 valence electrons. The third kappa shape index (κ3) is 2.57. The van der Waals surface area contributed by atoms with Crippen LogP contribution in [0.1, 0.15) is 17.3 Å². The normalized spacial score (nSPS) is 12.4. The predicted octanol–water partition coefficient (Wildman–Crippen LogP) is 2.51. The molecule has 0 spiro atoms. The lowest BCUT2D eigenvalue weighted by Crippen LogP contribution is -2.17. The number of hydrogen-bond acceptors (Lipinski definition) is 5. The van der Waals surface area contributed by atoms with Crippen LogP contribution in [-0.4, -0.2) is 22.9 Å². The van der Waals surface area contributed by atoms with Crippen LogP contribution in [0.25, 0.3) is 0 Å². The second kappa shape index (κ2) is 5.44. The second-order valence-corrected chi connectivity index (χ2v) is 4.41. The highest BCUT2D eigenvalue weighted by atomic mass is 35.5. The van der Waals surface area contributed by atoms with Gasteiger partial charge in [-0.3, -0.25) is 0 Å². The molecule has 0 aliphatic rings. The van der Waals surface area contributed by atoms with E-state index in [9.17, 15) is 0 Å². The molecule has 0 saturated carbocycles. The summed E-state index contributed by atoms with van der Waals surface area (Å²) < 4.78 is 13.5. The monoisotopic (exact) mass is 269 g/mol. The summed E-state index contributed by atoms with van der Waals surface area (Å²) >= 11 is 7.19. The number of nitrogens with one attached hydrogen (secondary N) is 1. The first-order valence-corrected chi connectivity index (χ1v) is 6.15. The minimum Gasteiger partial charge on any atom is -0.495 e. The van der Waals surface area contributed by atoms with E-state index >= 15 is 0 Å². The summed E-state index contributed by atoms with van der Waals surface area (Å²) in [6.07, 6.45) is 1.76. The number of benzene rings is 1. The lowest BCUT2D eigenvalue weighted by Gasteiger charge is -2.15. The second-order valence-electron chi connectivity index (χ2n) is 3.45. The average Bonchev–Trinajstić information content (AvgIpc) is 2.86. The van der Waals surface area contributed by atoms with Crippen LogP contribution in [0, 0.1) is 0 Å². The Balaban J connectivity index is 2.38. The summed E-state index contributed by atoms with van der Waals surface area (Å²) in [6, 6.07) is 5.67.